The Hall–Kier alpha value is -3.40. The molecule has 1 fully saturated rings. The van der Waals surface area contributed by atoms with Crippen molar-refractivity contribution in [2.75, 3.05) is 38.2 Å². The number of ether oxygens (including phenoxy) is 1. The van der Waals surface area contributed by atoms with Crippen molar-refractivity contribution in [3.05, 3.63) is 78.9 Å². The van der Waals surface area contributed by atoms with Gasteiger partial charge in [-0.15, -0.1) is 6.58 Å². The molecular weight excluding hydrogens is 474 g/mol. The van der Waals surface area contributed by atoms with Crippen LogP contribution in [-0.2, 0) is 14.8 Å². The van der Waals surface area contributed by atoms with Gasteiger partial charge in [-0.25, -0.2) is 18.4 Å². The smallest absolute Gasteiger partial charge is 0.243 e. The fraction of sp³-hybridized carbons (Fsp3) is 0.296. The molecule has 0 spiro atoms. The first-order chi connectivity index (χ1) is 17.3. The maximum absolute atomic E-state index is 13.1. The van der Waals surface area contributed by atoms with E-state index in [-0.39, 0.29) is 6.10 Å². The lowest BCUT2D eigenvalue weighted by Gasteiger charge is -2.34. The van der Waals surface area contributed by atoms with E-state index in [0.29, 0.717) is 42.8 Å². The van der Waals surface area contributed by atoms with Crippen LogP contribution in [0, 0.1) is 6.92 Å². The molecule has 2 aromatic carbocycles. The van der Waals surface area contributed by atoms with Gasteiger partial charge in [-0.1, -0.05) is 42.0 Å². The Bertz CT molecular complexity index is 1390. The first kappa shape index (κ1) is 25.7. The molecule has 2 heterocycles. The summed E-state index contributed by atoms with van der Waals surface area (Å²) in [4.78, 5) is 16.6. The van der Waals surface area contributed by atoms with Crippen molar-refractivity contribution in [3.8, 4) is 0 Å². The fourth-order valence-electron chi connectivity index (χ4n) is 3.95. The predicted molar refractivity (Wildman–Crippen MR) is 145 cm³/mol. The SMILES string of the molecule is C=CC(/C=C\C(C)=Nc1nc(N2CCN(S(=O)(=O)c3ccc(C)cc3)CC2)nc2ccccc12)OC. The lowest BCUT2D eigenvalue weighted by Crippen LogP contribution is -2.49. The van der Waals surface area contributed by atoms with Crippen molar-refractivity contribution in [3.63, 3.8) is 0 Å². The number of piperazine rings is 1. The largest absolute Gasteiger partial charge is 0.373 e. The van der Waals surface area contributed by atoms with E-state index in [4.69, 9.17) is 19.7 Å². The number of hydrogen-bond acceptors (Lipinski definition) is 7. The second kappa shape index (κ2) is 11.1. The van der Waals surface area contributed by atoms with Gasteiger partial charge >= 0.3 is 0 Å². The molecule has 1 aliphatic rings. The molecule has 1 aliphatic heterocycles. The van der Waals surface area contributed by atoms with Crippen LogP contribution in [0.25, 0.3) is 10.9 Å². The first-order valence-electron chi connectivity index (χ1n) is 11.8. The van der Waals surface area contributed by atoms with Gasteiger partial charge in [0, 0.05) is 44.4 Å². The number of nitrogens with zero attached hydrogens (tertiary/aromatic N) is 5. The number of methoxy groups -OCH3 is 1. The summed E-state index contributed by atoms with van der Waals surface area (Å²) in [5, 5.41) is 0.849. The molecule has 4 rings (SSSR count). The molecule has 0 radical (unpaired) electrons. The topological polar surface area (TPSA) is 88.0 Å². The first-order valence-corrected chi connectivity index (χ1v) is 13.2. The van der Waals surface area contributed by atoms with Gasteiger partial charge < -0.3 is 9.64 Å². The molecule has 0 amide bonds. The lowest BCUT2D eigenvalue weighted by molar-refractivity contribution is 0.178. The summed E-state index contributed by atoms with van der Waals surface area (Å²) in [6.45, 7) is 9.27. The zero-order valence-corrected chi connectivity index (χ0v) is 21.6. The Morgan fingerprint density at radius 2 is 1.78 bits per heavy atom. The van der Waals surface area contributed by atoms with Gasteiger partial charge in [0.2, 0.25) is 16.0 Å². The van der Waals surface area contributed by atoms with Gasteiger partial charge in [0.1, 0.15) is 0 Å². The van der Waals surface area contributed by atoms with Crippen LogP contribution < -0.4 is 4.90 Å². The van der Waals surface area contributed by atoms with Crippen LogP contribution in [0.3, 0.4) is 0 Å². The van der Waals surface area contributed by atoms with Crippen LogP contribution in [-0.4, -0.2) is 67.8 Å². The minimum atomic E-state index is -3.54. The lowest BCUT2D eigenvalue weighted by atomic mass is 10.2. The van der Waals surface area contributed by atoms with Crippen LogP contribution in [0.1, 0.15) is 12.5 Å². The van der Waals surface area contributed by atoms with Crippen molar-refractivity contribution < 1.29 is 13.2 Å². The zero-order valence-electron chi connectivity index (χ0n) is 20.8. The van der Waals surface area contributed by atoms with Crippen molar-refractivity contribution in [1.29, 1.82) is 0 Å². The van der Waals surface area contributed by atoms with Gasteiger partial charge in [0.05, 0.1) is 16.5 Å². The molecule has 8 nitrogen and oxygen atoms in total. The summed E-state index contributed by atoms with van der Waals surface area (Å²) in [5.41, 5.74) is 2.58. The molecule has 1 saturated heterocycles. The zero-order chi connectivity index (χ0) is 25.7. The molecule has 0 bridgehead atoms. The van der Waals surface area contributed by atoms with Gasteiger partial charge in [-0.2, -0.15) is 9.29 Å². The summed E-state index contributed by atoms with van der Waals surface area (Å²) in [5.74, 6) is 1.11. The number of anilines is 1. The third-order valence-electron chi connectivity index (χ3n) is 6.07. The summed E-state index contributed by atoms with van der Waals surface area (Å²) in [6, 6.07) is 14.7. The number of rotatable bonds is 8. The molecule has 0 saturated carbocycles. The maximum atomic E-state index is 13.1. The van der Waals surface area contributed by atoms with Crippen molar-refractivity contribution in [2.24, 2.45) is 4.99 Å². The summed E-state index contributed by atoms with van der Waals surface area (Å²) in [6.07, 6.45) is 5.27. The van der Waals surface area contributed by atoms with Crippen LogP contribution in [0.4, 0.5) is 11.8 Å². The molecule has 3 aromatic rings. The van der Waals surface area contributed by atoms with Crippen molar-refractivity contribution >= 4 is 38.4 Å². The standard InChI is InChI=1S/C27H31N5O3S/c1-5-22(35-4)13-12-21(3)28-26-24-8-6-7-9-25(24)29-27(30-26)31-16-18-32(19-17-31)36(33,34)23-14-10-20(2)11-15-23/h5-15,22H,1,16-19H2,2-4H3/b13-12-,28-21?. The number of sulfonamides is 1. The summed E-state index contributed by atoms with van der Waals surface area (Å²) >= 11 is 0. The monoisotopic (exact) mass is 505 g/mol. The number of aromatic nitrogens is 2. The third-order valence-corrected chi connectivity index (χ3v) is 7.98. The Kier molecular flexibility index (Phi) is 7.93. The van der Waals surface area contributed by atoms with E-state index in [9.17, 15) is 8.42 Å². The minimum absolute atomic E-state index is 0.194. The molecule has 1 atom stereocenters. The van der Waals surface area contributed by atoms with E-state index in [1.54, 1.807) is 25.3 Å². The molecule has 188 valence electrons. The van der Waals surface area contributed by atoms with Crippen LogP contribution in [0.2, 0.25) is 0 Å². The van der Waals surface area contributed by atoms with E-state index in [2.05, 4.69) is 6.58 Å². The maximum Gasteiger partial charge on any atom is 0.243 e. The molecule has 1 aromatic heterocycles. The van der Waals surface area contributed by atoms with Crippen LogP contribution >= 0.6 is 0 Å². The average Bonchev–Trinajstić information content (AvgIpc) is 2.89. The highest BCUT2D eigenvalue weighted by molar-refractivity contribution is 7.89. The molecule has 0 N–H and O–H groups in total. The van der Waals surface area contributed by atoms with E-state index in [1.165, 1.54) is 4.31 Å². The highest BCUT2D eigenvalue weighted by Crippen LogP contribution is 2.27. The van der Waals surface area contributed by atoms with Crippen molar-refractivity contribution in [1.82, 2.24) is 14.3 Å². The average molecular weight is 506 g/mol. The second-order valence-electron chi connectivity index (χ2n) is 8.62. The normalized spacial score (nSPS) is 16.5. The number of hydrogen-bond donors (Lipinski definition) is 0. The minimum Gasteiger partial charge on any atom is -0.373 e. The van der Waals surface area contributed by atoms with Gasteiger partial charge in [0.15, 0.2) is 5.82 Å². The van der Waals surface area contributed by atoms with Crippen LogP contribution in [0.15, 0.2) is 83.2 Å². The Labute approximate surface area is 212 Å². The Morgan fingerprint density at radius 3 is 2.44 bits per heavy atom. The number of allylic oxidation sites excluding steroid dienone is 1. The van der Waals surface area contributed by atoms with Crippen LogP contribution in [0.5, 0.6) is 0 Å². The fourth-order valence-corrected chi connectivity index (χ4v) is 5.38. The Morgan fingerprint density at radius 1 is 1.08 bits per heavy atom. The second-order valence-corrected chi connectivity index (χ2v) is 10.6. The number of aryl methyl sites for hydroxylation is 1. The molecule has 9 heteroatoms. The van der Waals surface area contributed by atoms with Gasteiger partial charge in [-0.3, -0.25) is 0 Å². The molecular formula is C27H31N5O3S. The molecule has 1 unspecified atom stereocenters. The Balaban J connectivity index is 1.57. The summed E-state index contributed by atoms with van der Waals surface area (Å²) in [7, 11) is -1.92. The van der Waals surface area contributed by atoms with Gasteiger partial charge in [-0.05, 0) is 44.2 Å². The van der Waals surface area contributed by atoms with E-state index >= 15 is 0 Å². The summed E-state index contributed by atoms with van der Waals surface area (Å²) < 4.78 is 33.0. The molecule has 0 aliphatic carbocycles. The number of aliphatic imine (C=N–C) groups is 1. The third kappa shape index (κ3) is 5.70. The highest BCUT2D eigenvalue weighted by atomic mass is 32.2. The molecule has 36 heavy (non-hydrogen) atoms. The van der Waals surface area contributed by atoms with E-state index < -0.39 is 10.0 Å². The van der Waals surface area contributed by atoms with E-state index in [0.717, 1.165) is 22.2 Å². The number of fused-ring (bicyclic) bond motifs is 1. The highest BCUT2D eigenvalue weighted by Gasteiger charge is 2.29. The number of para-hydroxylation sites is 1. The quantitative estimate of drug-likeness (QED) is 0.335. The van der Waals surface area contributed by atoms with E-state index in [1.807, 2.05) is 67.3 Å². The predicted octanol–water partition coefficient (Wildman–Crippen LogP) is 4.30. The van der Waals surface area contributed by atoms with Gasteiger partial charge in [0.25, 0.3) is 0 Å². The van der Waals surface area contributed by atoms with Crippen molar-refractivity contribution in [2.45, 2.75) is 24.8 Å². The number of benzene rings is 2.